The number of aromatic nitrogens is 4. The fourth-order valence-electron chi connectivity index (χ4n) is 0.899. The molecule has 0 aromatic carbocycles. The van der Waals surface area contributed by atoms with Gasteiger partial charge in [0.15, 0.2) is 11.0 Å². The van der Waals surface area contributed by atoms with Crippen LogP contribution >= 0.6 is 11.6 Å². The highest BCUT2D eigenvalue weighted by Crippen LogP contribution is 2.18. The maximum absolute atomic E-state index is 5.82. The van der Waals surface area contributed by atoms with Crippen molar-refractivity contribution in [1.82, 2.24) is 20.3 Å². The van der Waals surface area contributed by atoms with E-state index in [9.17, 15) is 0 Å². The minimum Gasteiger partial charge on any atom is -0.364 e. The smallest absolute Gasteiger partial charge is 0.245 e. The van der Waals surface area contributed by atoms with Crippen molar-refractivity contribution in [2.45, 2.75) is 0 Å². The SMILES string of the molecule is C=CCNc1nc2nonc2nc1Cl. The van der Waals surface area contributed by atoms with Crippen molar-refractivity contribution in [2.24, 2.45) is 0 Å². The molecule has 0 bridgehead atoms. The highest BCUT2D eigenvalue weighted by atomic mass is 35.5. The topological polar surface area (TPSA) is 76.7 Å². The first kappa shape index (κ1) is 8.89. The van der Waals surface area contributed by atoms with E-state index in [1.54, 1.807) is 6.08 Å². The van der Waals surface area contributed by atoms with Crippen molar-refractivity contribution in [3.8, 4) is 0 Å². The first-order chi connectivity index (χ1) is 6.81. The molecule has 0 radical (unpaired) electrons. The van der Waals surface area contributed by atoms with Gasteiger partial charge in [0, 0.05) is 6.54 Å². The lowest BCUT2D eigenvalue weighted by atomic mass is 10.5. The van der Waals surface area contributed by atoms with Crippen molar-refractivity contribution in [3.05, 3.63) is 17.8 Å². The third kappa shape index (κ3) is 1.51. The zero-order valence-electron chi connectivity index (χ0n) is 7.07. The minimum atomic E-state index is 0.232. The summed E-state index contributed by atoms with van der Waals surface area (Å²) in [6.45, 7) is 4.10. The van der Waals surface area contributed by atoms with Gasteiger partial charge in [0.2, 0.25) is 11.3 Å². The third-order valence-corrected chi connectivity index (χ3v) is 1.75. The molecule has 2 rings (SSSR count). The van der Waals surface area contributed by atoms with Crippen LogP contribution in [0.3, 0.4) is 0 Å². The summed E-state index contributed by atoms with van der Waals surface area (Å²) in [6, 6.07) is 0. The van der Waals surface area contributed by atoms with Gasteiger partial charge >= 0.3 is 0 Å². The number of nitrogens with one attached hydrogen (secondary N) is 1. The largest absolute Gasteiger partial charge is 0.364 e. The molecule has 0 spiro atoms. The second-order valence-corrected chi connectivity index (χ2v) is 2.80. The van der Waals surface area contributed by atoms with Gasteiger partial charge in [-0.2, -0.15) is 0 Å². The molecular weight excluding hydrogens is 206 g/mol. The molecule has 2 aromatic heterocycles. The summed E-state index contributed by atoms with van der Waals surface area (Å²) < 4.78 is 4.45. The number of hydrogen-bond acceptors (Lipinski definition) is 6. The minimum absolute atomic E-state index is 0.232. The second-order valence-electron chi connectivity index (χ2n) is 2.44. The number of anilines is 1. The van der Waals surface area contributed by atoms with Gasteiger partial charge < -0.3 is 5.32 Å². The van der Waals surface area contributed by atoms with Gasteiger partial charge in [-0.15, -0.1) is 6.58 Å². The highest BCUT2D eigenvalue weighted by Gasteiger charge is 2.09. The van der Waals surface area contributed by atoms with Gasteiger partial charge in [0.05, 0.1) is 0 Å². The second kappa shape index (κ2) is 3.59. The van der Waals surface area contributed by atoms with Crippen LogP contribution < -0.4 is 5.32 Å². The van der Waals surface area contributed by atoms with Crippen molar-refractivity contribution in [1.29, 1.82) is 0 Å². The maximum atomic E-state index is 5.82. The van der Waals surface area contributed by atoms with Gasteiger partial charge in [-0.05, 0) is 10.3 Å². The molecule has 0 amide bonds. The van der Waals surface area contributed by atoms with Crippen LogP contribution in [0.4, 0.5) is 5.82 Å². The number of halogens is 1. The van der Waals surface area contributed by atoms with Crippen LogP contribution in [0.25, 0.3) is 11.3 Å². The molecule has 2 aromatic rings. The Kier molecular flexibility index (Phi) is 2.28. The quantitative estimate of drug-likeness (QED) is 0.771. The Balaban J connectivity index is 2.42. The van der Waals surface area contributed by atoms with E-state index in [1.165, 1.54) is 0 Å². The van der Waals surface area contributed by atoms with Crippen LogP contribution in [0.2, 0.25) is 5.15 Å². The average molecular weight is 212 g/mol. The Hall–Kier alpha value is -1.69. The van der Waals surface area contributed by atoms with Crippen LogP contribution in [0.15, 0.2) is 17.3 Å². The maximum Gasteiger partial charge on any atom is 0.245 e. The highest BCUT2D eigenvalue weighted by molar-refractivity contribution is 6.32. The summed E-state index contributed by atoms with van der Waals surface area (Å²) in [4.78, 5) is 7.98. The average Bonchev–Trinajstić information content (AvgIpc) is 2.61. The summed E-state index contributed by atoms with van der Waals surface area (Å²) in [7, 11) is 0. The van der Waals surface area contributed by atoms with E-state index >= 15 is 0 Å². The van der Waals surface area contributed by atoms with E-state index in [1.807, 2.05) is 0 Å². The molecular formula is C7H6ClN5O. The first-order valence-corrected chi connectivity index (χ1v) is 4.19. The molecule has 0 aliphatic carbocycles. The number of rotatable bonds is 3. The summed E-state index contributed by atoms with van der Waals surface area (Å²) in [6.07, 6.45) is 1.68. The molecule has 0 atom stereocenters. The van der Waals surface area contributed by atoms with Gasteiger partial charge in [0.1, 0.15) is 0 Å². The van der Waals surface area contributed by atoms with E-state index in [2.05, 4.69) is 36.8 Å². The van der Waals surface area contributed by atoms with Crippen LogP contribution in [0.1, 0.15) is 0 Å². The molecule has 1 N–H and O–H groups in total. The summed E-state index contributed by atoms with van der Waals surface area (Å²) in [5.41, 5.74) is 0.611. The van der Waals surface area contributed by atoms with E-state index in [0.717, 1.165) is 0 Å². The Morgan fingerprint density at radius 1 is 1.36 bits per heavy atom. The molecule has 0 aliphatic heterocycles. The molecule has 72 valence electrons. The zero-order valence-corrected chi connectivity index (χ0v) is 7.82. The normalized spacial score (nSPS) is 10.4. The van der Waals surface area contributed by atoms with Crippen LogP contribution in [-0.2, 0) is 0 Å². The van der Waals surface area contributed by atoms with Crippen molar-refractivity contribution in [3.63, 3.8) is 0 Å². The van der Waals surface area contributed by atoms with E-state index < -0.39 is 0 Å². The molecule has 0 fully saturated rings. The summed E-state index contributed by atoms with van der Waals surface area (Å²) in [5.74, 6) is 0.440. The zero-order chi connectivity index (χ0) is 9.97. The summed E-state index contributed by atoms with van der Waals surface area (Å²) >= 11 is 5.82. The Morgan fingerprint density at radius 3 is 2.79 bits per heavy atom. The third-order valence-electron chi connectivity index (χ3n) is 1.49. The Morgan fingerprint density at radius 2 is 2.07 bits per heavy atom. The fraction of sp³-hybridized carbons (Fsp3) is 0.143. The molecule has 0 saturated carbocycles. The van der Waals surface area contributed by atoms with E-state index in [-0.39, 0.29) is 5.15 Å². The molecule has 7 heteroatoms. The Labute approximate surface area is 83.9 Å². The molecule has 0 aliphatic rings. The van der Waals surface area contributed by atoms with Crippen LogP contribution in [-0.4, -0.2) is 26.8 Å². The van der Waals surface area contributed by atoms with Gasteiger partial charge in [-0.1, -0.05) is 17.7 Å². The molecule has 0 saturated heterocycles. The van der Waals surface area contributed by atoms with Crippen molar-refractivity contribution >= 4 is 28.7 Å². The van der Waals surface area contributed by atoms with Gasteiger partial charge in [-0.25, -0.2) is 14.6 Å². The number of fused-ring (bicyclic) bond motifs is 1. The lowest BCUT2D eigenvalue weighted by Crippen LogP contribution is -2.02. The number of nitrogens with zero attached hydrogens (tertiary/aromatic N) is 4. The van der Waals surface area contributed by atoms with Crippen LogP contribution in [0.5, 0.6) is 0 Å². The predicted octanol–water partition coefficient (Wildman–Crippen LogP) is 1.26. The van der Waals surface area contributed by atoms with Crippen molar-refractivity contribution in [2.75, 3.05) is 11.9 Å². The molecule has 2 heterocycles. The molecule has 14 heavy (non-hydrogen) atoms. The lowest BCUT2D eigenvalue weighted by Gasteiger charge is -2.01. The van der Waals surface area contributed by atoms with Gasteiger partial charge in [0.25, 0.3) is 0 Å². The molecule has 0 unspecified atom stereocenters. The predicted molar refractivity (Wildman–Crippen MR) is 51.1 cm³/mol. The fourth-order valence-corrected chi connectivity index (χ4v) is 1.09. The summed E-state index contributed by atoms with van der Waals surface area (Å²) in [5, 5.41) is 10.2. The first-order valence-electron chi connectivity index (χ1n) is 3.82. The van der Waals surface area contributed by atoms with E-state index in [0.29, 0.717) is 23.7 Å². The monoisotopic (exact) mass is 211 g/mol. The van der Waals surface area contributed by atoms with Gasteiger partial charge in [-0.3, -0.25) is 0 Å². The Bertz CT molecular complexity index is 468. The van der Waals surface area contributed by atoms with E-state index in [4.69, 9.17) is 11.6 Å². The number of hydrogen-bond donors (Lipinski definition) is 1. The van der Waals surface area contributed by atoms with Crippen molar-refractivity contribution < 1.29 is 4.63 Å². The molecule has 6 nitrogen and oxygen atoms in total. The van der Waals surface area contributed by atoms with Crippen LogP contribution in [0, 0.1) is 0 Å². The lowest BCUT2D eigenvalue weighted by molar-refractivity contribution is 0.314. The standard InChI is InChI=1S/C7H6ClN5O/c1-2-3-9-5-4(8)10-6-7(11-5)13-14-12-6/h2H,1,3H2,(H,9,11,13).